The van der Waals surface area contributed by atoms with Crippen molar-refractivity contribution in [3.8, 4) is 0 Å². The Hall–Kier alpha value is -0.690. The van der Waals surface area contributed by atoms with Crippen molar-refractivity contribution in [1.82, 2.24) is 15.4 Å². The lowest BCUT2D eigenvalue weighted by Crippen LogP contribution is -2.37. The van der Waals surface area contributed by atoms with E-state index in [-0.39, 0.29) is 5.97 Å². The van der Waals surface area contributed by atoms with Crippen LogP contribution in [0.1, 0.15) is 26.7 Å². The van der Waals surface area contributed by atoms with Crippen LogP contribution in [0.4, 0.5) is 0 Å². The lowest BCUT2D eigenvalue weighted by atomic mass is 10.2. The van der Waals surface area contributed by atoms with Gasteiger partial charge in [0.15, 0.2) is 0 Å². The summed E-state index contributed by atoms with van der Waals surface area (Å²) in [7, 11) is 0. The molecule has 0 radical (unpaired) electrons. The molecular formula is C11H24N4O2. The lowest BCUT2D eigenvalue weighted by Gasteiger charge is -2.26. The highest BCUT2D eigenvalue weighted by Gasteiger charge is 2.26. The van der Waals surface area contributed by atoms with Gasteiger partial charge in [0.05, 0.1) is 6.42 Å². The highest BCUT2D eigenvalue weighted by atomic mass is 16.7. The van der Waals surface area contributed by atoms with E-state index >= 15 is 0 Å². The summed E-state index contributed by atoms with van der Waals surface area (Å²) in [5.41, 5.74) is 1.91. The molecule has 1 atom stereocenters. The van der Waals surface area contributed by atoms with Gasteiger partial charge in [-0.3, -0.25) is 9.69 Å². The third kappa shape index (κ3) is 4.59. The van der Waals surface area contributed by atoms with Crippen LogP contribution in [-0.4, -0.2) is 54.5 Å². The van der Waals surface area contributed by atoms with Crippen molar-refractivity contribution in [2.75, 3.05) is 32.7 Å². The minimum atomic E-state index is -0.307. The van der Waals surface area contributed by atoms with E-state index in [0.29, 0.717) is 12.5 Å². The van der Waals surface area contributed by atoms with Crippen LogP contribution < -0.4 is 11.4 Å². The number of hydrogen-bond acceptors (Lipinski definition) is 6. The normalized spacial score (nSPS) is 21.1. The second kappa shape index (κ2) is 7.60. The molecule has 0 amide bonds. The summed E-state index contributed by atoms with van der Waals surface area (Å²) in [4.78, 5) is 20.4. The largest absolute Gasteiger partial charge is 0.356 e. The summed E-state index contributed by atoms with van der Waals surface area (Å²) in [5, 5.41) is 0. The number of nitrogens with one attached hydrogen (secondary N) is 1. The zero-order valence-electron chi connectivity index (χ0n) is 10.8. The van der Waals surface area contributed by atoms with Crippen LogP contribution in [0, 0.1) is 0 Å². The Balaban J connectivity index is 2.23. The summed E-state index contributed by atoms with van der Waals surface area (Å²) in [5.74, 6) is 4.59. The number of hydrogen-bond donors (Lipinski definition) is 2. The smallest absolute Gasteiger partial charge is 0.327 e. The number of rotatable bonds is 7. The van der Waals surface area contributed by atoms with E-state index in [9.17, 15) is 4.79 Å². The molecule has 3 N–H and O–H groups in total. The molecule has 0 spiro atoms. The maximum absolute atomic E-state index is 11.1. The minimum absolute atomic E-state index is 0.307. The van der Waals surface area contributed by atoms with Crippen molar-refractivity contribution < 1.29 is 9.63 Å². The van der Waals surface area contributed by atoms with Crippen molar-refractivity contribution in [3.63, 3.8) is 0 Å². The van der Waals surface area contributed by atoms with Crippen LogP contribution in [0.5, 0.6) is 0 Å². The number of carbonyl (C=O) groups is 1. The van der Waals surface area contributed by atoms with Gasteiger partial charge in [0.25, 0.3) is 0 Å². The first-order valence-electron chi connectivity index (χ1n) is 6.32. The third-order valence-electron chi connectivity index (χ3n) is 3.38. The Morgan fingerprint density at radius 1 is 1.53 bits per heavy atom. The molecule has 1 unspecified atom stereocenters. The van der Waals surface area contributed by atoms with Crippen LogP contribution >= 0.6 is 0 Å². The summed E-state index contributed by atoms with van der Waals surface area (Å²) in [6, 6.07) is 0.633. The second-order valence-corrected chi connectivity index (χ2v) is 4.31. The van der Waals surface area contributed by atoms with Crippen LogP contribution in [0.2, 0.25) is 0 Å². The molecule has 0 aromatic heterocycles. The second-order valence-electron chi connectivity index (χ2n) is 4.31. The molecule has 17 heavy (non-hydrogen) atoms. The van der Waals surface area contributed by atoms with E-state index in [2.05, 4.69) is 28.5 Å². The van der Waals surface area contributed by atoms with Gasteiger partial charge in [0.2, 0.25) is 0 Å². The van der Waals surface area contributed by atoms with Crippen LogP contribution in [-0.2, 0) is 9.63 Å². The monoisotopic (exact) mass is 244 g/mol. The molecule has 6 nitrogen and oxygen atoms in total. The van der Waals surface area contributed by atoms with Crippen molar-refractivity contribution in [1.29, 1.82) is 0 Å². The number of carbonyl (C=O) groups excluding carboxylic acids is 1. The van der Waals surface area contributed by atoms with Gasteiger partial charge in [-0.1, -0.05) is 19.4 Å². The van der Waals surface area contributed by atoms with Gasteiger partial charge in [0, 0.05) is 19.1 Å². The highest BCUT2D eigenvalue weighted by Crippen LogP contribution is 2.15. The number of nitrogens with two attached hydrogens (primary N) is 1. The highest BCUT2D eigenvalue weighted by molar-refractivity contribution is 5.69. The molecule has 0 saturated carbocycles. The van der Waals surface area contributed by atoms with Crippen molar-refractivity contribution in [2.24, 2.45) is 5.84 Å². The fraction of sp³-hybridized carbons (Fsp3) is 0.909. The maximum atomic E-state index is 11.1. The summed E-state index contributed by atoms with van der Waals surface area (Å²) in [6.07, 6.45) is 1.57. The van der Waals surface area contributed by atoms with Gasteiger partial charge in [-0.2, -0.15) is 0 Å². The number of likely N-dealkylation sites (tertiary alicyclic amines) is 1. The maximum Gasteiger partial charge on any atom is 0.327 e. The van der Waals surface area contributed by atoms with Crippen LogP contribution in [0.15, 0.2) is 0 Å². The molecule has 1 rings (SSSR count). The van der Waals surface area contributed by atoms with E-state index in [1.54, 1.807) is 0 Å². The van der Waals surface area contributed by atoms with Gasteiger partial charge >= 0.3 is 5.97 Å². The first-order valence-corrected chi connectivity index (χ1v) is 6.32. The van der Waals surface area contributed by atoms with E-state index in [4.69, 9.17) is 5.84 Å². The van der Waals surface area contributed by atoms with Gasteiger partial charge in [0.1, 0.15) is 0 Å². The molecular weight excluding hydrogens is 220 g/mol. The van der Waals surface area contributed by atoms with Crippen LogP contribution in [0.25, 0.3) is 0 Å². The molecule has 0 aliphatic carbocycles. The first kappa shape index (κ1) is 14.4. The molecule has 1 aliphatic heterocycles. The van der Waals surface area contributed by atoms with Gasteiger partial charge in [-0.05, 0) is 26.1 Å². The zero-order valence-corrected chi connectivity index (χ0v) is 10.8. The molecule has 1 aliphatic rings. The number of likely N-dealkylation sites (N-methyl/N-ethyl adjacent to an activating group) is 1. The van der Waals surface area contributed by atoms with Crippen molar-refractivity contribution in [3.05, 3.63) is 0 Å². The van der Waals surface area contributed by atoms with E-state index in [0.717, 1.165) is 32.7 Å². The standard InChI is InChI=1S/C11H24N4O2/c1-3-15(4-2)10-5-7-14(9-10)8-6-11(16)17-13-12/h10,13H,3-9,12H2,1-2H3. The number of hydrazine groups is 1. The topological polar surface area (TPSA) is 70.8 Å². The summed E-state index contributed by atoms with van der Waals surface area (Å²) >= 11 is 0. The minimum Gasteiger partial charge on any atom is -0.356 e. The molecule has 1 heterocycles. The van der Waals surface area contributed by atoms with Crippen molar-refractivity contribution in [2.45, 2.75) is 32.7 Å². The Bertz CT molecular complexity index is 234. The molecule has 0 bridgehead atoms. The Morgan fingerprint density at radius 3 is 2.82 bits per heavy atom. The summed E-state index contributed by atoms with van der Waals surface area (Å²) in [6.45, 7) is 9.42. The molecule has 0 aromatic rings. The van der Waals surface area contributed by atoms with Gasteiger partial charge in [-0.25, -0.2) is 5.84 Å². The van der Waals surface area contributed by atoms with Crippen molar-refractivity contribution >= 4 is 5.97 Å². The van der Waals surface area contributed by atoms with E-state index in [1.165, 1.54) is 6.42 Å². The lowest BCUT2D eigenvalue weighted by molar-refractivity contribution is -0.151. The quantitative estimate of drug-likeness (QED) is 0.474. The Kier molecular flexibility index (Phi) is 6.43. The average Bonchev–Trinajstić information content (AvgIpc) is 2.77. The van der Waals surface area contributed by atoms with E-state index < -0.39 is 0 Å². The molecule has 0 aromatic carbocycles. The zero-order chi connectivity index (χ0) is 12.7. The fourth-order valence-corrected chi connectivity index (χ4v) is 2.42. The molecule has 1 saturated heterocycles. The first-order chi connectivity index (χ1) is 8.21. The summed E-state index contributed by atoms with van der Waals surface area (Å²) < 4.78 is 0. The van der Waals surface area contributed by atoms with E-state index in [1.807, 2.05) is 5.59 Å². The predicted molar refractivity (Wildman–Crippen MR) is 65.8 cm³/mol. The Morgan fingerprint density at radius 2 is 2.24 bits per heavy atom. The predicted octanol–water partition coefficient (Wildman–Crippen LogP) is -0.286. The number of nitrogens with zero attached hydrogens (tertiary/aromatic N) is 2. The molecule has 100 valence electrons. The molecule has 6 heteroatoms. The van der Waals surface area contributed by atoms with Crippen LogP contribution in [0.3, 0.4) is 0 Å². The van der Waals surface area contributed by atoms with Gasteiger partial charge < -0.3 is 9.74 Å². The average molecular weight is 244 g/mol. The molecule has 1 fully saturated rings. The van der Waals surface area contributed by atoms with Gasteiger partial charge in [-0.15, -0.1) is 0 Å². The third-order valence-corrected chi connectivity index (χ3v) is 3.38. The SMILES string of the molecule is CCN(CC)C1CCN(CCC(=O)ONN)C1. The fourth-order valence-electron chi connectivity index (χ4n) is 2.42. The Labute approximate surface area is 103 Å².